The number of carbonyl (C=O) groups excluding carboxylic acids is 2. The summed E-state index contributed by atoms with van der Waals surface area (Å²) in [6, 6.07) is 0. The predicted molar refractivity (Wildman–Crippen MR) is 78.6 cm³/mol. The largest absolute Gasteiger partial charge is 0.440 e. The van der Waals surface area contributed by atoms with Crippen molar-refractivity contribution >= 4 is 11.9 Å². The minimum absolute atomic E-state index is 0.0214. The van der Waals surface area contributed by atoms with Gasteiger partial charge in [0.1, 0.15) is 0 Å². The van der Waals surface area contributed by atoms with Gasteiger partial charge in [-0.25, -0.2) is 4.79 Å². The van der Waals surface area contributed by atoms with E-state index < -0.39 is 5.97 Å². The number of hydrogen-bond acceptors (Lipinski definition) is 3. The highest BCUT2D eigenvalue weighted by Crippen LogP contribution is 2.34. The highest BCUT2D eigenvalue weighted by molar-refractivity contribution is 5.87. The first-order valence-electron chi connectivity index (χ1n) is 7.20. The number of likely N-dealkylation sites (tertiary alicyclic amines) is 1. The first-order valence-corrected chi connectivity index (χ1v) is 7.20. The number of unbranched alkanes of at least 4 members (excludes halogenated alkanes) is 1. The Hall–Kier alpha value is -1.58. The van der Waals surface area contributed by atoms with Gasteiger partial charge in [-0.05, 0) is 25.7 Å². The molecule has 0 saturated carbocycles. The van der Waals surface area contributed by atoms with Gasteiger partial charge in [0.25, 0.3) is 0 Å². The molecule has 1 aliphatic rings. The molecule has 0 aromatic heterocycles. The molecular formula is C16H25NO3. The highest BCUT2D eigenvalue weighted by atomic mass is 16.5. The normalized spacial score (nSPS) is 20.1. The third-order valence-electron chi connectivity index (χ3n) is 3.79. The smallest absolute Gasteiger partial charge is 0.334 e. The molecule has 20 heavy (non-hydrogen) atoms. The maximum atomic E-state index is 12.4. The lowest BCUT2D eigenvalue weighted by Gasteiger charge is -2.19. The molecule has 0 bridgehead atoms. The SMILES string of the molecule is C=C(C)C(=O)OCN1C(=C)CC(C(C)CCCC)C1=O. The van der Waals surface area contributed by atoms with Crippen molar-refractivity contribution < 1.29 is 14.3 Å². The van der Waals surface area contributed by atoms with Crippen molar-refractivity contribution in [1.82, 2.24) is 4.90 Å². The lowest BCUT2D eigenvalue weighted by atomic mass is 9.88. The first-order chi connectivity index (χ1) is 9.38. The van der Waals surface area contributed by atoms with Crippen LogP contribution < -0.4 is 0 Å². The number of ether oxygens (including phenoxy) is 1. The molecular weight excluding hydrogens is 254 g/mol. The maximum Gasteiger partial charge on any atom is 0.334 e. The number of allylic oxidation sites excluding steroid dienone is 1. The van der Waals surface area contributed by atoms with Gasteiger partial charge in [0, 0.05) is 17.2 Å². The van der Waals surface area contributed by atoms with E-state index in [9.17, 15) is 9.59 Å². The Balaban J connectivity index is 2.58. The van der Waals surface area contributed by atoms with Crippen LogP contribution in [-0.2, 0) is 14.3 Å². The molecule has 1 heterocycles. The molecule has 4 heteroatoms. The molecule has 112 valence electrons. The molecule has 1 fully saturated rings. The van der Waals surface area contributed by atoms with E-state index in [0.717, 1.165) is 25.0 Å². The van der Waals surface area contributed by atoms with Gasteiger partial charge in [0.15, 0.2) is 6.73 Å². The van der Waals surface area contributed by atoms with Crippen LogP contribution in [0, 0.1) is 11.8 Å². The third kappa shape index (κ3) is 3.95. The molecule has 0 N–H and O–H groups in total. The van der Waals surface area contributed by atoms with Gasteiger partial charge in [-0.1, -0.05) is 39.8 Å². The van der Waals surface area contributed by atoms with Crippen LogP contribution in [-0.4, -0.2) is 23.5 Å². The van der Waals surface area contributed by atoms with Gasteiger partial charge in [-0.2, -0.15) is 0 Å². The molecule has 1 aliphatic heterocycles. The van der Waals surface area contributed by atoms with Crippen molar-refractivity contribution in [2.75, 3.05) is 6.73 Å². The summed E-state index contributed by atoms with van der Waals surface area (Å²) in [6.07, 6.45) is 3.96. The second-order valence-electron chi connectivity index (χ2n) is 5.60. The molecule has 1 amide bonds. The van der Waals surface area contributed by atoms with E-state index in [-0.39, 0.29) is 18.6 Å². The fourth-order valence-corrected chi connectivity index (χ4v) is 2.38. The summed E-state index contributed by atoms with van der Waals surface area (Å²) in [5.41, 5.74) is 1.06. The zero-order valence-electron chi connectivity index (χ0n) is 12.8. The van der Waals surface area contributed by atoms with Crippen molar-refractivity contribution in [3.8, 4) is 0 Å². The van der Waals surface area contributed by atoms with Gasteiger partial charge in [-0.3, -0.25) is 9.69 Å². The van der Waals surface area contributed by atoms with Crippen LogP contribution in [0.5, 0.6) is 0 Å². The van der Waals surface area contributed by atoms with E-state index in [1.165, 1.54) is 4.90 Å². The van der Waals surface area contributed by atoms with E-state index in [4.69, 9.17) is 4.74 Å². The van der Waals surface area contributed by atoms with E-state index in [1.807, 2.05) is 0 Å². The molecule has 0 aromatic rings. The quantitative estimate of drug-likeness (QED) is 0.531. The number of hydrogen-bond donors (Lipinski definition) is 0. The minimum atomic E-state index is -0.479. The predicted octanol–water partition coefficient (Wildman–Crippen LogP) is 3.25. The number of amides is 1. The summed E-state index contributed by atoms with van der Waals surface area (Å²) >= 11 is 0. The lowest BCUT2D eigenvalue weighted by molar-refractivity contribution is -0.147. The van der Waals surface area contributed by atoms with Gasteiger partial charge in [0.2, 0.25) is 5.91 Å². The van der Waals surface area contributed by atoms with E-state index in [2.05, 4.69) is 27.0 Å². The Labute approximate surface area is 121 Å². The number of carbonyl (C=O) groups is 2. The van der Waals surface area contributed by atoms with Crippen molar-refractivity contribution in [2.24, 2.45) is 11.8 Å². The summed E-state index contributed by atoms with van der Waals surface area (Å²) in [5.74, 6) is -0.153. The Morgan fingerprint density at radius 3 is 2.75 bits per heavy atom. The number of rotatable bonds is 7. The monoisotopic (exact) mass is 279 g/mol. The fraction of sp³-hybridized carbons (Fsp3) is 0.625. The topological polar surface area (TPSA) is 46.6 Å². The second kappa shape index (κ2) is 7.27. The Morgan fingerprint density at radius 1 is 1.55 bits per heavy atom. The molecule has 2 unspecified atom stereocenters. The molecule has 0 aliphatic carbocycles. The summed E-state index contributed by atoms with van der Waals surface area (Å²) in [6.45, 7) is 13.2. The van der Waals surface area contributed by atoms with Crippen molar-refractivity contribution in [3.05, 3.63) is 24.4 Å². The van der Waals surface area contributed by atoms with Gasteiger partial charge >= 0.3 is 5.97 Å². The molecule has 0 aromatic carbocycles. The summed E-state index contributed by atoms with van der Waals surface area (Å²) in [5, 5.41) is 0. The van der Waals surface area contributed by atoms with Crippen LogP contribution in [0.4, 0.5) is 0 Å². The summed E-state index contributed by atoms with van der Waals surface area (Å²) in [7, 11) is 0. The molecule has 0 radical (unpaired) electrons. The Kier molecular flexibility index (Phi) is 5.99. The maximum absolute atomic E-state index is 12.4. The summed E-state index contributed by atoms with van der Waals surface area (Å²) < 4.78 is 5.04. The van der Waals surface area contributed by atoms with Crippen LogP contribution in [0.15, 0.2) is 24.4 Å². The second-order valence-corrected chi connectivity index (χ2v) is 5.60. The fourth-order valence-electron chi connectivity index (χ4n) is 2.38. The molecule has 1 rings (SSSR count). The highest BCUT2D eigenvalue weighted by Gasteiger charge is 2.38. The van der Waals surface area contributed by atoms with Crippen LogP contribution in [0.2, 0.25) is 0 Å². The molecule has 4 nitrogen and oxygen atoms in total. The third-order valence-corrected chi connectivity index (χ3v) is 3.79. The lowest BCUT2D eigenvalue weighted by Crippen LogP contribution is -2.31. The van der Waals surface area contributed by atoms with Crippen LogP contribution in [0.3, 0.4) is 0 Å². The van der Waals surface area contributed by atoms with Gasteiger partial charge in [-0.15, -0.1) is 0 Å². The Bertz CT molecular complexity index is 414. The van der Waals surface area contributed by atoms with Crippen LogP contribution >= 0.6 is 0 Å². The zero-order chi connectivity index (χ0) is 15.3. The first kappa shape index (κ1) is 16.5. The van der Waals surface area contributed by atoms with Crippen LogP contribution in [0.25, 0.3) is 0 Å². The van der Waals surface area contributed by atoms with Gasteiger partial charge < -0.3 is 4.74 Å². The van der Waals surface area contributed by atoms with Crippen molar-refractivity contribution in [2.45, 2.75) is 46.5 Å². The van der Waals surface area contributed by atoms with Crippen molar-refractivity contribution in [3.63, 3.8) is 0 Å². The van der Waals surface area contributed by atoms with Gasteiger partial charge in [0.05, 0.1) is 0 Å². The average molecular weight is 279 g/mol. The van der Waals surface area contributed by atoms with Crippen molar-refractivity contribution in [1.29, 1.82) is 0 Å². The molecule has 2 atom stereocenters. The van der Waals surface area contributed by atoms with E-state index in [0.29, 0.717) is 17.9 Å². The van der Waals surface area contributed by atoms with Crippen LogP contribution in [0.1, 0.15) is 46.5 Å². The molecule has 1 saturated heterocycles. The zero-order valence-corrected chi connectivity index (χ0v) is 12.8. The number of esters is 1. The average Bonchev–Trinajstić information content (AvgIpc) is 2.68. The Morgan fingerprint density at radius 2 is 2.20 bits per heavy atom. The van der Waals surface area contributed by atoms with E-state index >= 15 is 0 Å². The standard InChI is InChI=1S/C16H25NO3/c1-6-7-8-12(4)14-9-13(5)17(15(14)18)10-20-16(19)11(2)3/h12,14H,2,5-10H2,1,3-4H3. The number of nitrogens with zero attached hydrogens (tertiary/aromatic N) is 1. The minimum Gasteiger partial charge on any atom is -0.440 e. The summed E-state index contributed by atoms with van der Waals surface area (Å²) in [4.78, 5) is 25.2. The van der Waals surface area contributed by atoms with E-state index in [1.54, 1.807) is 6.92 Å². The molecule has 0 spiro atoms.